The normalized spacial score (nSPS) is 13.9. The zero-order valence-electron chi connectivity index (χ0n) is 9.92. The summed E-state index contributed by atoms with van der Waals surface area (Å²) in [6.45, 7) is 0.115. The van der Waals surface area contributed by atoms with Crippen LogP contribution in [0.5, 0.6) is 11.5 Å². The maximum Gasteiger partial charge on any atom is 0.279 e. The van der Waals surface area contributed by atoms with Crippen molar-refractivity contribution in [3.05, 3.63) is 39.1 Å². The number of carbonyl (C=O) groups is 1. The van der Waals surface area contributed by atoms with Crippen LogP contribution in [-0.2, 0) is 7.05 Å². The Hall–Kier alpha value is -1.79. The molecular formula is C12H9ClN2O3S. The predicted octanol–water partition coefficient (Wildman–Crippen LogP) is 2.21. The van der Waals surface area contributed by atoms with E-state index in [0.717, 1.165) is 0 Å². The Labute approximate surface area is 117 Å². The molecule has 0 saturated heterocycles. The van der Waals surface area contributed by atoms with Gasteiger partial charge in [-0.3, -0.25) is 4.79 Å². The highest BCUT2D eigenvalue weighted by Gasteiger charge is 2.20. The minimum atomic E-state index is -0.363. The maximum absolute atomic E-state index is 12.1. The zero-order valence-corrected chi connectivity index (χ0v) is 11.5. The van der Waals surface area contributed by atoms with Crippen LogP contribution in [0.1, 0.15) is 10.4 Å². The standard InChI is InChI=1S/C12H9ClN2O3S/c1-15-2-3-19-12(15)14-11(16)7-4-8(13)10-9(5-7)17-6-18-10/h2-5H,6H2,1H3. The maximum atomic E-state index is 12.1. The zero-order chi connectivity index (χ0) is 13.4. The van der Waals surface area contributed by atoms with Gasteiger partial charge in [-0.05, 0) is 12.1 Å². The van der Waals surface area contributed by atoms with Crippen LogP contribution in [0, 0.1) is 0 Å². The number of aryl methyl sites for hydroxylation is 1. The number of amides is 1. The van der Waals surface area contributed by atoms with E-state index in [1.54, 1.807) is 10.6 Å². The molecule has 19 heavy (non-hydrogen) atoms. The van der Waals surface area contributed by atoms with E-state index in [4.69, 9.17) is 21.1 Å². The molecule has 1 amide bonds. The van der Waals surface area contributed by atoms with Crippen molar-refractivity contribution in [2.75, 3.05) is 6.79 Å². The second-order valence-electron chi connectivity index (χ2n) is 3.91. The second-order valence-corrected chi connectivity index (χ2v) is 5.19. The van der Waals surface area contributed by atoms with E-state index in [1.807, 2.05) is 18.6 Å². The van der Waals surface area contributed by atoms with Crippen LogP contribution in [-0.4, -0.2) is 17.3 Å². The van der Waals surface area contributed by atoms with Gasteiger partial charge in [0.1, 0.15) is 0 Å². The molecule has 1 aliphatic rings. The molecule has 1 aliphatic heterocycles. The number of nitrogens with zero attached hydrogens (tertiary/aromatic N) is 2. The van der Waals surface area contributed by atoms with Crippen molar-refractivity contribution in [2.45, 2.75) is 0 Å². The fourth-order valence-corrected chi connectivity index (χ4v) is 2.67. The van der Waals surface area contributed by atoms with Gasteiger partial charge in [0.2, 0.25) is 6.79 Å². The third-order valence-electron chi connectivity index (χ3n) is 2.63. The molecule has 98 valence electrons. The topological polar surface area (TPSA) is 52.8 Å². The van der Waals surface area contributed by atoms with Crippen molar-refractivity contribution in [3.8, 4) is 11.5 Å². The molecule has 2 aromatic rings. The van der Waals surface area contributed by atoms with Gasteiger partial charge in [0, 0.05) is 24.2 Å². The molecule has 0 saturated carbocycles. The van der Waals surface area contributed by atoms with E-state index in [9.17, 15) is 4.79 Å². The number of hydrogen-bond acceptors (Lipinski definition) is 4. The summed E-state index contributed by atoms with van der Waals surface area (Å²) in [5.41, 5.74) is 0.377. The van der Waals surface area contributed by atoms with Gasteiger partial charge in [-0.1, -0.05) is 11.6 Å². The molecule has 0 N–H and O–H groups in total. The first-order chi connectivity index (χ1) is 9.15. The molecular weight excluding hydrogens is 288 g/mol. The van der Waals surface area contributed by atoms with Crippen LogP contribution >= 0.6 is 22.9 Å². The lowest BCUT2D eigenvalue weighted by Gasteiger charge is -2.01. The lowest BCUT2D eigenvalue weighted by Crippen LogP contribution is -2.12. The summed E-state index contributed by atoms with van der Waals surface area (Å²) in [7, 11) is 1.83. The number of rotatable bonds is 1. The van der Waals surface area contributed by atoms with Gasteiger partial charge in [-0.25, -0.2) is 0 Å². The van der Waals surface area contributed by atoms with Crippen LogP contribution < -0.4 is 14.3 Å². The Bertz CT molecular complexity index is 720. The summed E-state index contributed by atoms with van der Waals surface area (Å²) in [6, 6.07) is 3.13. The van der Waals surface area contributed by atoms with Crippen molar-refractivity contribution >= 4 is 28.8 Å². The van der Waals surface area contributed by atoms with Gasteiger partial charge in [0.05, 0.1) is 5.02 Å². The Kier molecular flexibility index (Phi) is 3.04. The van der Waals surface area contributed by atoms with Crippen molar-refractivity contribution in [1.29, 1.82) is 0 Å². The lowest BCUT2D eigenvalue weighted by molar-refractivity contribution is 0.0997. The first-order valence-electron chi connectivity index (χ1n) is 5.43. The molecule has 0 radical (unpaired) electrons. The van der Waals surface area contributed by atoms with Crippen molar-refractivity contribution < 1.29 is 14.3 Å². The van der Waals surface area contributed by atoms with Gasteiger partial charge in [-0.15, -0.1) is 11.3 Å². The Balaban J connectivity index is 2.02. The van der Waals surface area contributed by atoms with Gasteiger partial charge >= 0.3 is 0 Å². The number of benzene rings is 1. The van der Waals surface area contributed by atoms with Crippen LogP contribution in [0.4, 0.5) is 0 Å². The smallest absolute Gasteiger partial charge is 0.279 e. The highest BCUT2D eigenvalue weighted by molar-refractivity contribution is 7.07. The molecule has 5 nitrogen and oxygen atoms in total. The predicted molar refractivity (Wildman–Crippen MR) is 70.8 cm³/mol. The van der Waals surface area contributed by atoms with Gasteiger partial charge in [-0.2, -0.15) is 4.99 Å². The quantitative estimate of drug-likeness (QED) is 0.811. The van der Waals surface area contributed by atoms with E-state index in [0.29, 0.717) is 26.9 Å². The highest BCUT2D eigenvalue weighted by atomic mass is 35.5. The van der Waals surface area contributed by atoms with Crippen LogP contribution in [0.2, 0.25) is 5.02 Å². The fourth-order valence-electron chi connectivity index (χ4n) is 1.68. The van der Waals surface area contributed by atoms with Crippen LogP contribution in [0.25, 0.3) is 0 Å². The van der Waals surface area contributed by atoms with Gasteiger partial charge in [0.25, 0.3) is 5.91 Å². The number of hydrogen-bond donors (Lipinski definition) is 0. The van der Waals surface area contributed by atoms with Crippen molar-refractivity contribution in [3.63, 3.8) is 0 Å². The third-order valence-corrected chi connectivity index (χ3v) is 3.76. The SMILES string of the molecule is Cn1ccsc1=NC(=O)c1cc(Cl)c2c(c1)OCO2. The molecule has 7 heteroatoms. The van der Waals surface area contributed by atoms with Gasteiger partial charge < -0.3 is 14.0 Å². The number of aromatic nitrogens is 1. The largest absolute Gasteiger partial charge is 0.454 e. The van der Waals surface area contributed by atoms with Crippen molar-refractivity contribution in [2.24, 2.45) is 12.0 Å². The molecule has 0 aliphatic carbocycles. The Morgan fingerprint density at radius 2 is 2.32 bits per heavy atom. The van der Waals surface area contributed by atoms with Crippen LogP contribution in [0.15, 0.2) is 28.7 Å². The summed E-state index contributed by atoms with van der Waals surface area (Å²) in [5.74, 6) is 0.583. The van der Waals surface area contributed by atoms with E-state index >= 15 is 0 Å². The minimum absolute atomic E-state index is 0.115. The third kappa shape index (κ3) is 2.24. The minimum Gasteiger partial charge on any atom is -0.454 e. The van der Waals surface area contributed by atoms with E-state index in [2.05, 4.69) is 4.99 Å². The van der Waals surface area contributed by atoms with E-state index in [1.165, 1.54) is 17.4 Å². The number of fused-ring (bicyclic) bond motifs is 1. The molecule has 0 spiro atoms. The highest BCUT2D eigenvalue weighted by Crippen LogP contribution is 2.39. The molecule has 0 atom stereocenters. The monoisotopic (exact) mass is 296 g/mol. The van der Waals surface area contributed by atoms with E-state index < -0.39 is 0 Å². The lowest BCUT2D eigenvalue weighted by atomic mass is 10.2. The summed E-state index contributed by atoms with van der Waals surface area (Å²) >= 11 is 7.42. The molecule has 0 fully saturated rings. The summed E-state index contributed by atoms with van der Waals surface area (Å²) in [5, 5.41) is 2.21. The first-order valence-corrected chi connectivity index (χ1v) is 6.69. The van der Waals surface area contributed by atoms with Crippen molar-refractivity contribution in [1.82, 2.24) is 4.57 Å². The van der Waals surface area contributed by atoms with Gasteiger partial charge in [0.15, 0.2) is 16.3 Å². The summed E-state index contributed by atoms with van der Waals surface area (Å²) in [6.07, 6.45) is 1.84. The average Bonchev–Trinajstić information content (AvgIpc) is 2.99. The van der Waals surface area contributed by atoms with Crippen LogP contribution in [0.3, 0.4) is 0 Å². The number of ether oxygens (including phenoxy) is 2. The van der Waals surface area contributed by atoms with E-state index in [-0.39, 0.29) is 12.7 Å². The first kappa shape index (κ1) is 12.3. The summed E-state index contributed by atoms with van der Waals surface area (Å²) in [4.78, 5) is 16.8. The Morgan fingerprint density at radius 3 is 3.05 bits per heavy atom. The molecule has 2 heterocycles. The molecule has 1 aromatic heterocycles. The second kappa shape index (κ2) is 4.71. The molecule has 0 bridgehead atoms. The Morgan fingerprint density at radius 1 is 1.47 bits per heavy atom. The number of thiazole rings is 1. The number of carbonyl (C=O) groups excluding carboxylic acids is 1. The fraction of sp³-hybridized carbons (Fsp3) is 0.167. The number of halogens is 1. The molecule has 3 rings (SSSR count). The molecule has 1 aromatic carbocycles. The average molecular weight is 297 g/mol. The molecule has 0 unspecified atom stereocenters. The summed E-state index contributed by atoms with van der Waals surface area (Å²) < 4.78 is 12.2.